The number of methoxy groups -OCH3 is 2. The van der Waals surface area contributed by atoms with Crippen molar-refractivity contribution in [2.75, 3.05) is 51.5 Å². The number of carbonyl (C=O) groups excluding carboxylic acids is 4. The standard InChI is InChI=1S/C55H66FN9O8S2/c1-29(2)46(61-53(68)70-5)50(66)63-18-9-10-39(63)48-57-26-37(60-48)33-21-35(56)45-40-22-34-20-31(13-14-38(34)65(40)52(73-42(45)23-33)44-16-15-43(74-44)30-11-12-30)36-25-58-49(59-36)41-27-75(7,8)28-64(41)51(67)47(62-54(69)71-6)32-17-19-72-55(3,4)24-32/h13-16,20-23,25-26,29-30,32,39,41,46-47,52H,9-12,17-19,24,27-28H2,1-8H3,(H,57,60)(H,58,59)(H,61,68)(H,62,69)/t32-,39+,41+,46+,47+,52+/m1/s1. The molecule has 17 nitrogen and oxygen atoms in total. The van der Waals surface area contributed by atoms with Gasteiger partial charge in [0.2, 0.25) is 18.0 Å². The van der Waals surface area contributed by atoms with E-state index in [0.717, 1.165) is 52.1 Å². The van der Waals surface area contributed by atoms with E-state index >= 15 is 4.39 Å². The molecule has 11 rings (SSSR count). The number of hydrogen-bond donors (Lipinski definition) is 4. The number of H-pyrrole nitrogens is 2. The van der Waals surface area contributed by atoms with Gasteiger partial charge in [0.25, 0.3) is 0 Å². The van der Waals surface area contributed by atoms with E-state index < -0.39 is 51.9 Å². The van der Waals surface area contributed by atoms with Gasteiger partial charge in [0.1, 0.15) is 35.3 Å². The Labute approximate surface area is 440 Å². The molecule has 4 fully saturated rings. The molecule has 1 saturated carbocycles. The number of aromatic nitrogens is 5. The predicted molar refractivity (Wildman–Crippen MR) is 286 cm³/mol. The Hall–Kier alpha value is -6.38. The van der Waals surface area contributed by atoms with Crippen molar-refractivity contribution in [2.24, 2.45) is 11.8 Å². The predicted octanol–water partition coefficient (Wildman–Crippen LogP) is 9.98. The van der Waals surface area contributed by atoms with Gasteiger partial charge in [0.15, 0.2) is 0 Å². The van der Waals surface area contributed by atoms with E-state index in [2.05, 4.69) is 55.9 Å². The van der Waals surface area contributed by atoms with Crippen molar-refractivity contribution in [3.8, 4) is 39.5 Å². The minimum atomic E-state index is -1.24. The normalized spacial score (nSPS) is 23.0. The van der Waals surface area contributed by atoms with Crippen LogP contribution < -0.4 is 15.4 Å². The molecular formula is C55H66FN9O8S2. The van der Waals surface area contributed by atoms with Crippen LogP contribution in [-0.2, 0) is 23.8 Å². The number of likely N-dealkylation sites (tertiary alicyclic amines) is 1. The SMILES string of the molecule is COC(=O)N[C@H](C(=O)N1CCC[C@H]1c1ncc(-c2cc(F)c3c(c2)O[C@@H](c2ccc(C4CC4)s2)n2c-3cc3cc(-c4cnc([C@@H]5CS(C)(C)CN5C(=O)[C@@H](NC(=O)OC)[C@@H]5CCOC(C)(C)C5)[nH]4)ccc32)[nH]1)C(C)C. The fourth-order valence-corrected chi connectivity index (χ4v) is 15.2. The molecule has 6 atom stereocenters. The van der Waals surface area contributed by atoms with Crippen LogP contribution in [0.2, 0.25) is 0 Å². The molecular weight excluding hydrogens is 998 g/mol. The molecule has 5 aliphatic rings. The van der Waals surface area contributed by atoms with E-state index in [1.807, 2.05) is 63.1 Å². The second-order valence-electron chi connectivity index (χ2n) is 22.3. The number of halogens is 1. The van der Waals surface area contributed by atoms with E-state index in [4.69, 9.17) is 28.9 Å². The molecule has 1 aliphatic carbocycles. The molecule has 75 heavy (non-hydrogen) atoms. The minimum Gasteiger partial charge on any atom is -0.464 e. The summed E-state index contributed by atoms with van der Waals surface area (Å²) in [7, 11) is 1.35. The Balaban J connectivity index is 0.905. The summed E-state index contributed by atoms with van der Waals surface area (Å²) in [6.07, 6.45) is 11.0. The summed E-state index contributed by atoms with van der Waals surface area (Å²) in [4.78, 5) is 76.1. The molecule has 4 N–H and O–H groups in total. The maximum atomic E-state index is 17.1. The van der Waals surface area contributed by atoms with Crippen LogP contribution in [0.1, 0.15) is 112 Å². The summed E-state index contributed by atoms with van der Waals surface area (Å²) in [5.74, 6) is 2.38. The molecule has 4 aromatic heterocycles. The first-order chi connectivity index (χ1) is 35.9. The highest BCUT2D eigenvalue weighted by Gasteiger charge is 2.46. The van der Waals surface area contributed by atoms with Crippen molar-refractivity contribution in [1.82, 2.24) is 44.9 Å². The monoisotopic (exact) mass is 1060 g/mol. The number of aromatic amines is 2. The smallest absolute Gasteiger partial charge is 0.407 e. The molecule has 8 heterocycles. The molecule has 398 valence electrons. The lowest BCUT2D eigenvalue weighted by molar-refractivity contribution is -0.139. The molecule has 3 saturated heterocycles. The summed E-state index contributed by atoms with van der Waals surface area (Å²) in [5, 5.41) is 6.48. The van der Waals surface area contributed by atoms with E-state index in [-0.39, 0.29) is 35.7 Å². The Morgan fingerprint density at radius 1 is 0.853 bits per heavy atom. The zero-order valence-electron chi connectivity index (χ0n) is 43.7. The first kappa shape index (κ1) is 50.8. The van der Waals surface area contributed by atoms with Crippen molar-refractivity contribution in [2.45, 2.75) is 108 Å². The van der Waals surface area contributed by atoms with Crippen molar-refractivity contribution in [1.29, 1.82) is 0 Å². The van der Waals surface area contributed by atoms with E-state index in [9.17, 15) is 19.2 Å². The maximum Gasteiger partial charge on any atom is 0.407 e. The third kappa shape index (κ3) is 9.77. The largest absolute Gasteiger partial charge is 0.464 e. The third-order valence-electron chi connectivity index (χ3n) is 15.6. The quantitative estimate of drug-likeness (QED) is 0.0915. The van der Waals surface area contributed by atoms with Crippen molar-refractivity contribution in [3.05, 3.63) is 88.1 Å². The number of benzene rings is 2. The van der Waals surface area contributed by atoms with Gasteiger partial charge in [-0.3, -0.25) is 14.2 Å². The van der Waals surface area contributed by atoms with Crippen LogP contribution in [0.5, 0.6) is 5.75 Å². The van der Waals surface area contributed by atoms with Crippen LogP contribution >= 0.6 is 21.4 Å². The Morgan fingerprint density at radius 3 is 2.27 bits per heavy atom. The molecule has 4 aliphatic heterocycles. The van der Waals surface area contributed by atoms with Gasteiger partial charge in [-0.05, 0) is 125 Å². The topological polar surface area (TPSA) is 198 Å². The lowest BCUT2D eigenvalue weighted by Crippen LogP contribution is -2.55. The summed E-state index contributed by atoms with van der Waals surface area (Å²) in [5.41, 5.74) is 4.25. The average molecular weight is 1060 g/mol. The van der Waals surface area contributed by atoms with Crippen LogP contribution in [-0.4, -0.2) is 128 Å². The summed E-state index contributed by atoms with van der Waals surface area (Å²) in [6.45, 7) is 8.78. The lowest BCUT2D eigenvalue weighted by atomic mass is 9.82. The Kier molecular flexibility index (Phi) is 13.3. The van der Waals surface area contributed by atoms with Gasteiger partial charge in [-0.25, -0.2) is 34.0 Å². The van der Waals surface area contributed by atoms with Crippen LogP contribution in [0.15, 0.2) is 60.9 Å². The second kappa shape index (κ2) is 19.6. The van der Waals surface area contributed by atoms with Crippen LogP contribution in [0, 0.1) is 17.7 Å². The van der Waals surface area contributed by atoms with Gasteiger partial charge < -0.3 is 49.3 Å². The number of ether oxygens (including phenoxy) is 4. The number of carbonyl (C=O) groups is 4. The maximum absolute atomic E-state index is 17.1. The van der Waals surface area contributed by atoms with Gasteiger partial charge in [0.05, 0.1) is 83.2 Å². The molecule has 0 radical (unpaired) electrons. The van der Waals surface area contributed by atoms with E-state index in [0.29, 0.717) is 84.1 Å². The van der Waals surface area contributed by atoms with Gasteiger partial charge in [-0.15, -0.1) is 11.3 Å². The highest BCUT2D eigenvalue weighted by atomic mass is 32.3. The average Bonchev–Trinajstić information content (AvgIpc) is 4.06. The number of nitrogens with zero attached hydrogens (tertiary/aromatic N) is 5. The van der Waals surface area contributed by atoms with Gasteiger partial charge in [-0.1, -0.05) is 19.9 Å². The number of thiophene rings is 1. The fourth-order valence-electron chi connectivity index (χ4n) is 11.7. The number of rotatable bonds is 12. The number of nitrogens with one attached hydrogen (secondary N) is 4. The van der Waals surface area contributed by atoms with E-state index in [1.165, 1.54) is 25.2 Å². The van der Waals surface area contributed by atoms with Crippen LogP contribution in [0.25, 0.3) is 44.7 Å². The Bertz CT molecular complexity index is 3190. The molecule has 0 spiro atoms. The first-order valence-corrected chi connectivity index (χ1v) is 29.5. The number of fused-ring (bicyclic) bond motifs is 5. The van der Waals surface area contributed by atoms with Gasteiger partial charge in [0, 0.05) is 40.3 Å². The van der Waals surface area contributed by atoms with Gasteiger partial charge >= 0.3 is 12.2 Å². The molecule has 20 heteroatoms. The number of imidazole rings is 2. The first-order valence-electron chi connectivity index (χ1n) is 25.9. The number of amides is 4. The van der Waals surface area contributed by atoms with Crippen molar-refractivity contribution < 1.29 is 42.5 Å². The van der Waals surface area contributed by atoms with Gasteiger partial charge in [-0.2, -0.15) is 0 Å². The molecule has 0 bridgehead atoms. The zero-order chi connectivity index (χ0) is 52.7. The van der Waals surface area contributed by atoms with Crippen molar-refractivity contribution in [3.63, 3.8) is 0 Å². The summed E-state index contributed by atoms with van der Waals surface area (Å²) >= 11 is 1.73. The molecule has 6 aromatic rings. The summed E-state index contributed by atoms with van der Waals surface area (Å²) in [6, 6.07) is 13.6. The van der Waals surface area contributed by atoms with Crippen LogP contribution in [0.4, 0.5) is 14.0 Å². The zero-order valence-corrected chi connectivity index (χ0v) is 45.3. The third-order valence-corrected chi connectivity index (χ3v) is 19.0. The molecule has 0 unspecified atom stereocenters. The summed E-state index contributed by atoms with van der Waals surface area (Å²) < 4.78 is 41.9. The molecule has 4 amide bonds. The highest BCUT2D eigenvalue weighted by Crippen LogP contribution is 2.54. The van der Waals surface area contributed by atoms with E-state index in [1.54, 1.807) is 22.4 Å². The molecule has 2 aromatic carbocycles. The minimum absolute atomic E-state index is 0.138. The highest BCUT2D eigenvalue weighted by molar-refractivity contribution is 8.32. The second-order valence-corrected chi connectivity index (χ2v) is 27.5. The lowest BCUT2D eigenvalue weighted by Gasteiger charge is -2.40. The number of hydrogen-bond acceptors (Lipinski definition) is 11. The Morgan fingerprint density at radius 2 is 1.56 bits per heavy atom. The van der Waals surface area contributed by atoms with Crippen LogP contribution in [0.3, 0.4) is 0 Å². The number of alkyl carbamates (subject to hydrolysis) is 2. The fraction of sp³-hybridized carbons (Fsp3) is 0.491. The van der Waals surface area contributed by atoms with Crippen molar-refractivity contribution >= 4 is 56.3 Å².